The Morgan fingerprint density at radius 3 is 2.74 bits per heavy atom. The van der Waals surface area contributed by atoms with Gasteiger partial charge in [0, 0.05) is 29.8 Å². The minimum atomic E-state index is -0.186. The van der Waals surface area contributed by atoms with E-state index in [1.165, 1.54) is 6.07 Å². The summed E-state index contributed by atoms with van der Waals surface area (Å²) >= 11 is 0. The van der Waals surface area contributed by atoms with Crippen LogP contribution in [0.25, 0.3) is 11.3 Å². The van der Waals surface area contributed by atoms with E-state index in [4.69, 9.17) is 0 Å². The highest BCUT2D eigenvalue weighted by molar-refractivity contribution is 5.56. The van der Waals surface area contributed by atoms with Crippen LogP contribution in [0.15, 0.2) is 23.3 Å². The molecule has 0 saturated carbocycles. The Balaban J connectivity index is 2.44. The number of nitrogens with zero attached hydrogens (tertiary/aromatic N) is 3. The number of hydrogen-bond acceptors (Lipinski definition) is 3. The molecule has 0 saturated heterocycles. The molecule has 1 N–H and O–H groups in total. The van der Waals surface area contributed by atoms with Gasteiger partial charge in [0.15, 0.2) is 0 Å². The molecule has 0 unspecified atom stereocenters. The normalized spacial score (nSPS) is 11.8. The van der Waals surface area contributed by atoms with Crippen molar-refractivity contribution in [2.24, 2.45) is 0 Å². The third-order valence-electron chi connectivity index (χ3n) is 2.83. The topological polar surface area (TPSA) is 63.6 Å². The zero-order chi connectivity index (χ0) is 14.0. The summed E-state index contributed by atoms with van der Waals surface area (Å²) in [7, 11) is 0. The van der Waals surface area contributed by atoms with Crippen LogP contribution < -0.4 is 5.56 Å². The molecule has 0 spiro atoms. The predicted octanol–water partition coefficient (Wildman–Crippen LogP) is 2.34. The van der Waals surface area contributed by atoms with Gasteiger partial charge in [0.2, 0.25) is 0 Å². The molecule has 0 aromatic carbocycles. The summed E-state index contributed by atoms with van der Waals surface area (Å²) in [6.45, 7) is 9.04. The maximum absolute atomic E-state index is 11.7. The van der Waals surface area contributed by atoms with Crippen LogP contribution in [0.1, 0.15) is 39.9 Å². The van der Waals surface area contributed by atoms with Crippen molar-refractivity contribution in [2.75, 3.05) is 0 Å². The summed E-state index contributed by atoms with van der Waals surface area (Å²) in [5.74, 6) is 0.693. The van der Waals surface area contributed by atoms with Crippen molar-refractivity contribution in [3.63, 3.8) is 0 Å². The molecule has 102 valence electrons. The largest absolute Gasteiger partial charge is 0.310 e. The molecule has 0 fully saturated rings. The molecule has 0 radical (unpaired) electrons. The van der Waals surface area contributed by atoms with E-state index in [1.807, 2.05) is 31.6 Å². The quantitative estimate of drug-likeness (QED) is 0.921. The lowest BCUT2D eigenvalue weighted by molar-refractivity contribution is 0.543. The van der Waals surface area contributed by atoms with E-state index in [-0.39, 0.29) is 11.0 Å². The van der Waals surface area contributed by atoms with Crippen LogP contribution in [-0.2, 0) is 12.0 Å². The van der Waals surface area contributed by atoms with Crippen LogP contribution in [0, 0.1) is 0 Å². The van der Waals surface area contributed by atoms with Gasteiger partial charge in [0.05, 0.1) is 11.9 Å². The minimum absolute atomic E-state index is 0.127. The lowest BCUT2D eigenvalue weighted by atomic mass is 9.95. The van der Waals surface area contributed by atoms with Crippen molar-refractivity contribution in [1.29, 1.82) is 0 Å². The third kappa shape index (κ3) is 3.10. The number of aromatic nitrogens is 4. The summed E-state index contributed by atoms with van der Waals surface area (Å²) < 4.78 is 1.87. The first-order valence-electron chi connectivity index (χ1n) is 6.55. The number of H-pyrrole nitrogens is 1. The average molecular weight is 260 g/mol. The standard InChI is InChI=1S/C14H20N4O/c1-5-6-18-9-10(8-15-18)11-7-12(19)17-13(16-11)14(2,3)4/h7-9H,5-6H2,1-4H3,(H,16,17,19). The molecule has 5 nitrogen and oxygen atoms in total. The van der Waals surface area contributed by atoms with Gasteiger partial charge in [-0.05, 0) is 6.42 Å². The molecule has 0 aliphatic heterocycles. The van der Waals surface area contributed by atoms with Gasteiger partial charge in [0.1, 0.15) is 5.82 Å². The number of nitrogens with one attached hydrogen (secondary N) is 1. The Bertz CT molecular complexity index is 619. The van der Waals surface area contributed by atoms with Crippen molar-refractivity contribution in [3.05, 3.63) is 34.6 Å². The summed E-state index contributed by atoms with van der Waals surface area (Å²) in [6, 6.07) is 1.52. The van der Waals surface area contributed by atoms with Crippen LogP contribution in [-0.4, -0.2) is 19.7 Å². The molecule has 5 heteroatoms. The number of rotatable bonds is 3. The Hall–Kier alpha value is -1.91. The fourth-order valence-electron chi connectivity index (χ4n) is 1.81. The lowest BCUT2D eigenvalue weighted by Gasteiger charge is -2.17. The maximum Gasteiger partial charge on any atom is 0.251 e. The molecule has 0 aliphatic carbocycles. The average Bonchev–Trinajstić information content (AvgIpc) is 2.76. The molecule has 0 amide bonds. The van der Waals surface area contributed by atoms with Crippen LogP contribution in [0.3, 0.4) is 0 Å². The number of hydrogen-bond donors (Lipinski definition) is 1. The molecule has 19 heavy (non-hydrogen) atoms. The Labute approximate surface area is 112 Å². The first-order chi connectivity index (χ1) is 8.90. The highest BCUT2D eigenvalue weighted by atomic mass is 16.1. The van der Waals surface area contributed by atoms with Crippen molar-refractivity contribution >= 4 is 0 Å². The molecule has 2 aromatic rings. The fraction of sp³-hybridized carbons (Fsp3) is 0.500. The van der Waals surface area contributed by atoms with Crippen molar-refractivity contribution in [2.45, 2.75) is 46.1 Å². The summed E-state index contributed by atoms with van der Waals surface area (Å²) in [5.41, 5.74) is 1.24. The first-order valence-corrected chi connectivity index (χ1v) is 6.55. The van der Waals surface area contributed by atoms with Crippen molar-refractivity contribution in [1.82, 2.24) is 19.7 Å². The molecule has 2 aromatic heterocycles. The Morgan fingerprint density at radius 1 is 1.37 bits per heavy atom. The van der Waals surface area contributed by atoms with E-state index in [0.717, 1.165) is 18.5 Å². The maximum atomic E-state index is 11.7. The second-order valence-corrected chi connectivity index (χ2v) is 5.72. The van der Waals surface area contributed by atoms with Gasteiger partial charge in [-0.2, -0.15) is 5.10 Å². The van der Waals surface area contributed by atoms with Gasteiger partial charge in [-0.1, -0.05) is 27.7 Å². The van der Waals surface area contributed by atoms with Crippen molar-refractivity contribution < 1.29 is 0 Å². The second kappa shape index (κ2) is 4.99. The summed E-state index contributed by atoms with van der Waals surface area (Å²) in [6.07, 6.45) is 4.71. The van der Waals surface area contributed by atoms with Gasteiger partial charge in [-0.3, -0.25) is 9.48 Å². The predicted molar refractivity (Wildman–Crippen MR) is 75.1 cm³/mol. The van der Waals surface area contributed by atoms with Crippen molar-refractivity contribution in [3.8, 4) is 11.3 Å². The van der Waals surface area contributed by atoms with E-state index < -0.39 is 0 Å². The van der Waals surface area contributed by atoms with E-state index in [1.54, 1.807) is 6.20 Å². The van der Waals surface area contributed by atoms with Crippen LogP contribution in [0.4, 0.5) is 0 Å². The van der Waals surface area contributed by atoms with E-state index in [9.17, 15) is 4.79 Å². The zero-order valence-corrected chi connectivity index (χ0v) is 11.9. The monoisotopic (exact) mass is 260 g/mol. The first kappa shape index (κ1) is 13.5. The smallest absolute Gasteiger partial charge is 0.251 e. The Kier molecular flexibility index (Phi) is 3.55. The van der Waals surface area contributed by atoms with E-state index in [2.05, 4.69) is 22.0 Å². The molecule has 2 heterocycles. The number of aryl methyl sites for hydroxylation is 1. The molecule has 0 atom stereocenters. The fourth-order valence-corrected chi connectivity index (χ4v) is 1.81. The third-order valence-corrected chi connectivity index (χ3v) is 2.83. The summed E-state index contributed by atoms with van der Waals surface area (Å²) in [4.78, 5) is 19.1. The SMILES string of the molecule is CCCn1cc(-c2cc(=O)[nH]c(C(C)(C)C)n2)cn1. The molecular weight excluding hydrogens is 240 g/mol. The summed E-state index contributed by atoms with van der Waals surface area (Å²) in [5, 5.41) is 4.27. The second-order valence-electron chi connectivity index (χ2n) is 5.72. The highest BCUT2D eigenvalue weighted by Crippen LogP contribution is 2.20. The van der Waals surface area contributed by atoms with Crippen LogP contribution in [0.5, 0.6) is 0 Å². The van der Waals surface area contributed by atoms with Gasteiger partial charge >= 0.3 is 0 Å². The van der Waals surface area contributed by atoms with E-state index >= 15 is 0 Å². The zero-order valence-electron chi connectivity index (χ0n) is 11.9. The minimum Gasteiger partial charge on any atom is -0.310 e. The van der Waals surface area contributed by atoms with Gasteiger partial charge < -0.3 is 4.98 Å². The van der Waals surface area contributed by atoms with Gasteiger partial charge in [0.25, 0.3) is 5.56 Å². The van der Waals surface area contributed by atoms with Gasteiger partial charge in [-0.15, -0.1) is 0 Å². The van der Waals surface area contributed by atoms with Crippen LogP contribution in [0.2, 0.25) is 0 Å². The molecule has 0 aliphatic rings. The Morgan fingerprint density at radius 2 is 2.11 bits per heavy atom. The number of aromatic amines is 1. The highest BCUT2D eigenvalue weighted by Gasteiger charge is 2.18. The van der Waals surface area contributed by atoms with E-state index in [0.29, 0.717) is 11.5 Å². The van der Waals surface area contributed by atoms with Gasteiger partial charge in [-0.25, -0.2) is 4.98 Å². The lowest BCUT2D eigenvalue weighted by Crippen LogP contribution is -2.21. The molecule has 0 bridgehead atoms. The molecule has 2 rings (SSSR count). The van der Waals surface area contributed by atoms with Crippen LogP contribution >= 0.6 is 0 Å². The molecular formula is C14H20N4O.